The summed E-state index contributed by atoms with van der Waals surface area (Å²) in [6, 6.07) is -0.488. The summed E-state index contributed by atoms with van der Waals surface area (Å²) in [5.41, 5.74) is 0. The minimum Gasteiger partial charge on any atom is -0.347 e. The highest BCUT2D eigenvalue weighted by Crippen LogP contribution is 2.20. The third kappa shape index (κ3) is 5.25. The predicted octanol–water partition coefficient (Wildman–Crippen LogP) is -0.0701. The molecule has 0 aromatic carbocycles. The lowest BCUT2D eigenvalue weighted by Gasteiger charge is -2.25. The molecule has 2 rings (SSSR count). The summed E-state index contributed by atoms with van der Waals surface area (Å²) < 4.78 is 0. The van der Waals surface area contributed by atoms with Gasteiger partial charge >= 0.3 is 6.03 Å². The Bertz CT molecular complexity index is 968. The average Bonchev–Trinajstić information content (AvgIpc) is 2.75. The van der Waals surface area contributed by atoms with Crippen LogP contribution in [-0.4, -0.2) is 105 Å². The molecule has 0 aliphatic heterocycles. The van der Waals surface area contributed by atoms with E-state index in [0.717, 1.165) is 0 Å². The third-order valence-corrected chi connectivity index (χ3v) is 4.35. The first kappa shape index (κ1) is 24.4. The Morgan fingerprint density at radius 1 is 0.469 bits per heavy atom. The number of nitrogens with zero attached hydrogens (tertiary/aromatic N) is 12. The molecular formula is C18H30N12O2. The van der Waals surface area contributed by atoms with Crippen molar-refractivity contribution in [1.82, 2.24) is 29.9 Å². The van der Waals surface area contributed by atoms with Gasteiger partial charge in [-0.15, -0.1) is 0 Å². The molecule has 0 saturated carbocycles. The van der Waals surface area contributed by atoms with Gasteiger partial charge in [0.1, 0.15) is 0 Å². The SMILES string of the molecule is CC(=O)N(C)c1nc(N(C)C)nc(N(C)C(=O)N(C)c2nc(N(C)C)nc(N(C)C)n2)n1. The van der Waals surface area contributed by atoms with Crippen LogP contribution in [0.15, 0.2) is 0 Å². The molecule has 0 radical (unpaired) electrons. The van der Waals surface area contributed by atoms with Gasteiger partial charge in [-0.25, -0.2) is 4.79 Å². The minimum atomic E-state index is -0.488. The van der Waals surface area contributed by atoms with Crippen LogP contribution in [0.2, 0.25) is 0 Å². The van der Waals surface area contributed by atoms with Crippen LogP contribution in [0, 0.1) is 0 Å². The van der Waals surface area contributed by atoms with Gasteiger partial charge in [0.05, 0.1) is 0 Å². The number of anilines is 6. The van der Waals surface area contributed by atoms with E-state index in [4.69, 9.17) is 0 Å². The van der Waals surface area contributed by atoms with Crippen molar-refractivity contribution in [3.63, 3.8) is 0 Å². The molecule has 0 saturated heterocycles. The minimum absolute atomic E-state index is 0.0679. The Labute approximate surface area is 187 Å². The van der Waals surface area contributed by atoms with Gasteiger partial charge in [0, 0.05) is 70.4 Å². The Kier molecular flexibility index (Phi) is 7.28. The maximum Gasteiger partial charge on any atom is 0.333 e. The lowest BCUT2D eigenvalue weighted by molar-refractivity contribution is -0.116. The molecule has 0 N–H and O–H groups in total. The Balaban J connectivity index is 2.47. The third-order valence-electron chi connectivity index (χ3n) is 4.35. The van der Waals surface area contributed by atoms with Gasteiger partial charge in [-0.1, -0.05) is 0 Å². The Morgan fingerprint density at radius 3 is 1.00 bits per heavy atom. The van der Waals surface area contributed by atoms with E-state index in [1.807, 2.05) is 0 Å². The second-order valence-corrected chi connectivity index (χ2v) is 7.63. The molecule has 0 spiro atoms. The molecule has 2 aromatic rings. The largest absolute Gasteiger partial charge is 0.347 e. The first-order chi connectivity index (χ1) is 14.8. The summed E-state index contributed by atoms with van der Waals surface area (Å²) in [6.45, 7) is 1.40. The molecule has 2 heterocycles. The van der Waals surface area contributed by atoms with Crippen LogP contribution in [0.25, 0.3) is 0 Å². The van der Waals surface area contributed by atoms with Gasteiger partial charge in [0.2, 0.25) is 41.6 Å². The van der Waals surface area contributed by atoms with Crippen molar-refractivity contribution in [2.45, 2.75) is 6.92 Å². The zero-order valence-electron chi connectivity index (χ0n) is 20.2. The van der Waals surface area contributed by atoms with Crippen molar-refractivity contribution in [2.24, 2.45) is 0 Å². The number of amides is 3. The van der Waals surface area contributed by atoms with Gasteiger partial charge in [0.15, 0.2) is 0 Å². The van der Waals surface area contributed by atoms with E-state index in [2.05, 4.69) is 29.9 Å². The molecule has 0 aliphatic rings. The topological polar surface area (TPSA) is 131 Å². The number of rotatable bonds is 6. The second-order valence-electron chi connectivity index (χ2n) is 7.63. The Morgan fingerprint density at radius 2 is 0.719 bits per heavy atom. The van der Waals surface area contributed by atoms with Crippen LogP contribution in [0.4, 0.5) is 40.5 Å². The van der Waals surface area contributed by atoms with E-state index in [-0.39, 0.29) is 23.8 Å². The highest BCUT2D eigenvalue weighted by atomic mass is 16.2. The van der Waals surface area contributed by atoms with E-state index in [9.17, 15) is 9.59 Å². The van der Waals surface area contributed by atoms with Gasteiger partial charge in [0.25, 0.3) is 0 Å². The zero-order valence-corrected chi connectivity index (χ0v) is 20.2. The smallest absolute Gasteiger partial charge is 0.333 e. The standard InChI is InChI=1S/C18H30N12O2/c1-11(31)28(8)15-20-14(27(6)7)23-17(24-15)30(10)18(32)29(9)16-21-12(25(2)3)19-13(22-16)26(4)5/h1-10H3. The first-order valence-electron chi connectivity index (χ1n) is 9.63. The monoisotopic (exact) mass is 446 g/mol. The summed E-state index contributed by atoms with van der Waals surface area (Å²) in [7, 11) is 15.3. The molecule has 14 heteroatoms. The number of carbonyl (C=O) groups excluding carboxylic acids is 2. The molecule has 0 aliphatic carbocycles. The molecular weight excluding hydrogens is 416 g/mol. The molecule has 0 fully saturated rings. The maximum absolute atomic E-state index is 13.2. The molecule has 0 unspecified atom stereocenters. The number of hydrogen-bond acceptors (Lipinski definition) is 11. The van der Waals surface area contributed by atoms with Crippen molar-refractivity contribution in [3.05, 3.63) is 0 Å². The summed E-state index contributed by atoms with van der Waals surface area (Å²) in [5, 5.41) is 0. The number of carbonyl (C=O) groups is 2. The Hall–Kier alpha value is -3.84. The number of urea groups is 1. The predicted molar refractivity (Wildman–Crippen MR) is 124 cm³/mol. The molecule has 174 valence electrons. The quantitative estimate of drug-likeness (QED) is 0.591. The van der Waals surface area contributed by atoms with E-state index in [1.165, 1.54) is 28.7 Å². The van der Waals surface area contributed by atoms with E-state index >= 15 is 0 Å². The van der Waals surface area contributed by atoms with Crippen LogP contribution < -0.4 is 29.4 Å². The van der Waals surface area contributed by atoms with Crippen LogP contribution >= 0.6 is 0 Å². The second kappa shape index (κ2) is 9.53. The fourth-order valence-electron chi connectivity index (χ4n) is 2.27. The summed E-state index contributed by atoms with van der Waals surface area (Å²) >= 11 is 0. The van der Waals surface area contributed by atoms with Crippen molar-refractivity contribution < 1.29 is 9.59 Å². The van der Waals surface area contributed by atoms with Crippen molar-refractivity contribution in [2.75, 3.05) is 92.8 Å². The molecule has 3 amide bonds. The van der Waals surface area contributed by atoms with Gasteiger partial charge < -0.3 is 14.7 Å². The number of aromatic nitrogens is 6. The fourth-order valence-corrected chi connectivity index (χ4v) is 2.27. The summed E-state index contributed by atoms with van der Waals surface area (Å²) in [6.07, 6.45) is 0. The van der Waals surface area contributed by atoms with Gasteiger partial charge in [-0.2, -0.15) is 29.9 Å². The first-order valence-corrected chi connectivity index (χ1v) is 9.63. The van der Waals surface area contributed by atoms with E-state index < -0.39 is 6.03 Å². The van der Waals surface area contributed by atoms with Gasteiger partial charge in [-0.05, 0) is 0 Å². The molecule has 0 atom stereocenters. The average molecular weight is 447 g/mol. The fraction of sp³-hybridized carbons (Fsp3) is 0.556. The highest BCUT2D eigenvalue weighted by Gasteiger charge is 2.25. The lowest BCUT2D eigenvalue weighted by Crippen LogP contribution is -2.41. The van der Waals surface area contributed by atoms with Crippen LogP contribution in [-0.2, 0) is 4.79 Å². The van der Waals surface area contributed by atoms with Crippen LogP contribution in [0.5, 0.6) is 0 Å². The van der Waals surface area contributed by atoms with E-state index in [1.54, 1.807) is 71.1 Å². The van der Waals surface area contributed by atoms with Crippen molar-refractivity contribution >= 4 is 47.6 Å². The summed E-state index contributed by atoms with van der Waals surface area (Å²) in [4.78, 5) is 59.9. The summed E-state index contributed by atoms with van der Waals surface area (Å²) in [5.74, 6) is 1.20. The van der Waals surface area contributed by atoms with Gasteiger partial charge in [-0.3, -0.25) is 19.5 Å². The molecule has 14 nitrogen and oxygen atoms in total. The zero-order chi connectivity index (χ0) is 24.3. The van der Waals surface area contributed by atoms with Crippen molar-refractivity contribution in [3.8, 4) is 0 Å². The highest BCUT2D eigenvalue weighted by molar-refractivity contribution is 6.01. The normalized spacial score (nSPS) is 10.4. The molecule has 0 bridgehead atoms. The van der Waals surface area contributed by atoms with Crippen LogP contribution in [0.3, 0.4) is 0 Å². The molecule has 32 heavy (non-hydrogen) atoms. The van der Waals surface area contributed by atoms with Crippen molar-refractivity contribution in [1.29, 1.82) is 0 Å². The van der Waals surface area contributed by atoms with Crippen LogP contribution in [0.1, 0.15) is 6.92 Å². The lowest BCUT2D eigenvalue weighted by atomic mass is 10.6. The molecule has 2 aromatic heterocycles. The number of hydrogen-bond donors (Lipinski definition) is 0. The maximum atomic E-state index is 13.2. The van der Waals surface area contributed by atoms with E-state index in [0.29, 0.717) is 17.8 Å².